The Bertz CT molecular complexity index is 1280. The third-order valence-electron chi connectivity index (χ3n) is 5.92. The Morgan fingerprint density at radius 1 is 0.971 bits per heavy atom. The second kappa shape index (κ2) is 9.93. The Hall–Kier alpha value is -4.26. The molecule has 3 aromatic carbocycles. The van der Waals surface area contributed by atoms with Crippen LogP contribution in [0.2, 0.25) is 0 Å². The number of aliphatic hydroxyl groups excluding tert-OH is 1. The number of Topliss-reactive ketones (excluding diaryl/α,β-unsaturated/α-hetero) is 1. The lowest BCUT2D eigenvalue weighted by atomic mass is 9.94. The molecule has 35 heavy (non-hydrogen) atoms. The molecule has 1 unspecified atom stereocenters. The smallest absolute Gasteiger partial charge is 0.300 e. The average Bonchev–Trinajstić information content (AvgIpc) is 3.14. The number of rotatable bonds is 7. The van der Waals surface area contributed by atoms with Crippen LogP contribution < -0.4 is 19.3 Å². The molecule has 1 N–H and O–H groups in total. The lowest BCUT2D eigenvalue weighted by Crippen LogP contribution is -2.29. The molecule has 1 saturated heterocycles. The van der Waals surface area contributed by atoms with Gasteiger partial charge in [0.25, 0.3) is 11.7 Å². The van der Waals surface area contributed by atoms with Gasteiger partial charge in [-0.1, -0.05) is 30.3 Å². The molecule has 180 valence electrons. The second-order valence-corrected chi connectivity index (χ2v) is 8.32. The van der Waals surface area contributed by atoms with Gasteiger partial charge in [0.15, 0.2) is 0 Å². The maximum atomic E-state index is 13.4. The number of ether oxygens (including phenoxy) is 2. The fourth-order valence-electron chi connectivity index (χ4n) is 4.18. The summed E-state index contributed by atoms with van der Waals surface area (Å²) in [7, 11) is 5.39. The molecule has 1 atom stereocenters. The summed E-state index contributed by atoms with van der Waals surface area (Å²) in [5.41, 5.74) is 2.57. The maximum absolute atomic E-state index is 13.4. The van der Waals surface area contributed by atoms with Crippen LogP contribution in [0.3, 0.4) is 0 Å². The first-order chi connectivity index (χ1) is 16.8. The predicted octanol–water partition coefficient (Wildman–Crippen LogP) is 4.79. The van der Waals surface area contributed by atoms with Crippen molar-refractivity contribution in [3.05, 3.63) is 89.5 Å². The average molecular weight is 473 g/mol. The first-order valence-electron chi connectivity index (χ1n) is 11.3. The Kier molecular flexibility index (Phi) is 6.78. The van der Waals surface area contributed by atoms with E-state index in [1.807, 2.05) is 50.2 Å². The summed E-state index contributed by atoms with van der Waals surface area (Å²) in [6, 6.07) is 20.5. The van der Waals surface area contributed by atoms with Crippen LogP contribution in [0, 0.1) is 0 Å². The molecule has 0 aromatic heterocycles. The monoisotopic (exact) mass is 472 g/mol. The van der Waals surface area contributed by atoms with E-state index in [0.717, 1.165) is 5.69 Å². The van der Waals surface area contributed by atoms with Crippen molar-refractivity contribution in [3.8, 4) is 11.5 Å². The first kappa shape index (κ1) is 23.9. The Labute approximate surface area is 204 Å². The van der Waals surface area contributed by atoms with Crippen LogP contribution in [-0.4, -0.2) is 44.6 Å². The molecule has 4 rings (SSSR count). The minimum absolute atomic E-state index is 0.0164. The topological polar surface area (TPSA) is 79.3 Å². The van der Waals surface area contributed by atoms with E-state index in [-0.39, 0.29) is 11.3 Å². The molecule has 1 aliphatic rings. The molecule has 0 bridgehead atoms. The minimum atomic E-state index is -0.825. The largest absolute Gasteiger partial charge is 0.507 e. The van der Waals surface area contributed by atoms with Crippen molar-refractivity contribution in [2.75, 3.05) is 37.6 Å². The Morgan fingerprint density at radius 3 is 2.31 bits per heavy atom. The molecule has 0 spiro atoms. The molecule has 1 fully saturated rings. The van der Waals surface area contributed by atoms with Crippen molar-refractivity contribution >= 4 is 28.8 Å². The molecule has 1 heterocycles. The number of methoxy groups -OCH3 is 1. The lowest BCUT2D eigenvalue weighted by Gasteiger charge is -2.26. The number of anilines is 2. The van der Waals surface area contributed by atoms with Crippen LogP contribution in [0.25, 0.3) is 5.76 Å². The number of aliphatic hydroxyl groups is 1. The predicted molar refractivity (Wildman–Crippen MR) is 136 cm³/mol. The van der Waals surface area contributed by atoms with Crippen molar-refractivity contribution in [2.24, 2.45) is 0 Å². The van der Waals surface area contributed by atoms with Gasteiger partial charge >= 0.3 is 0 Å². The highest BCUT2D eigenvalue weighted by Gasteiger charge is 2.47. The van der Waals surface area contributed by atoms with Crippen LogP contribution in [-0.2, 0) is 9.59 Å². The van der Waals surface area contributed by atoms with Gasteiger partial charge in [0.1, 0.15) is 17.3 Å². The molecule has 1 amide bonds. The van der Waals surface area contributed by atoms with E-state index in [0.29, 0.717) is 34.9 Å². The Morgan fingerprint density at radius 2 is 1.66 bits per heavy atom. The van der Waals surface area contributed by atoms with Crippen molar-refractivity contribution in [1.29, 1.82) is 0 Å². The fourth-order valence-corrected chi connectivity index (χ4v) is 4.18. The van der Waals surface area contributed by atoms with E-state index < -0.39 is 17.7 Å². The number of amides is 1. The summed E-state index contributed by atoms with van der Waals surface area (Å²) in [5.74, 6) is -0.619. The molecule has 1 aliphatic heterocycles. The molecule has 0 aliphatic carbocycles. The van der Waals surface area contributed by atoms with E-state index >= 15 is 0 Å². The van der Waals surface area contributed by atoms with E-state index in [9.17, 15) is 14.7 Å². The summed E-state index contributed by atoms with van der Waals surface area (Å²) in [6.45, 7) is 2.34. The van der Waals surface area contributed by atoms with E-state index in [1.165, 1.54) is 12.0 Å². The van der Waals surface area contributed by atoms with E-state index in [2.05, 4.69) is 0 Å². The number of carbonyl (C=O) groups is 2. The molecule has 7 heteroatoms. The number of nitrogens with zero attached hydrogens (tertiary/aromatic N) is 2. The van der Waals surface area contributed by atoms with Gasteiger partial charge in [-0.3, -0.25) is 14.5 Å². The van der Waals surface area contributed by atoms with Gasteiger partial charge in [-0.05, 0) is 48.9 Å². The van der Waals surface area contributed by atoms with Crippen LogP contribution >= 0.6 is 0 Å². The summed E-state index contributed by atoms with van der Waals surface area (Å²) < 4.78 is 10.9. The fraction of sp³-hybridized carbons (Fsp3) is 0.214. The highest BCUT2D eigenvalue weighted by Crippen LogP contribution is 2.43. The third kappa shape index (κ3) is 4.57. The quantitative estimate of drug-likeness (QED) is 0.303. The number of ketones is 1. The molecular weight excluding hydrogens is 444 g/mol. The number of benzene rings is 3. The van der Waals surface area contributed by atoms with Gasteiger partial charge in [-0.2, -0.15) is 0 Å². The summed E-state index contributed by atoms with van der Waals surface area (Å²) in [6.07, 6.45) is 0. The molecule has 0 radical (unpaired) electrons. The zero-order chi connectivity index (χ0) is 25.1. The van der Waals surface area contributed by atoms with Gasteiger partial charge in [0.05, 0.1) is 25.3 Å². The van der Waals surface area contributed by atoms with Crippen LogP contribution in [0.1, 0.15) is 24.1 Å². The van der Waals surface area contributed by atoms with E-state index in [4.69, 9.17) is 9.47 Å². The lowest BCUT2D eigenvalue weighted by molar-refractivity contribution is -0.132. The van der Waals surface area contributed by atoms with Crippen molar-refractivity contribution in [1.82, 2.24) is 0 Å². The number of hydrogen-bond donors (Lipinski definition) is 1. The normalized spacial score (nSPS) is 16.9. The highest BCUT2D eigenvalue weighted by atomic mass is 16.5. The standard InChI is InChI=1S/C28H28N2O5/c1-5-35-23-11-7-9-21(17-23)30-25(18-12-14-20(15-13-18)29(2)3)24(27(32)28(30)33)26(31)19-8-6-10-22(16-19)34-4/h6-17,25,31H,5H2,1-4H3/b26-24+. The summed E-state index contributed by atoms with van der Waals surface area (Å²) in [4.78, 5) is 30.1. The van der Waals surface area contributed by atoms with Crippen LogP contribution in [0.15, 0.2) is 78.4 Å². The van der Waals surface area contributed by atoms with Crippen LogP contribution in [0.4, 0.5) is 11.4 Å². The van der Waals surface area contributed by atoms with E-state index in [1.54, 1.807) is 48.5 Å². The molecule has 0 saturated carbocycles. The maximum Gasteiger partial charge on any atom is 0.300 e. The Balaban J connectivity index is 1.91. The zero-order valence-corrected chi connectivity index (χ0v) is 20.2. The molecular formula is C28H28N2O5. The number of hydrogen-bond acceptors (Lipinski definition) is 6. The number of carbonyl (C=O) groups excluding carboxylic acids is 2. The van der Waals surface area contributed by atoms with Gasteiger partial charge < -0.3 is 19.5 Å². The van der Waals surface area contributed by atoms with Gasteiger partial charge in [-0.15, -0.1) is 0 Å². The zero-order valence-electron chi connectivity index (χ0n) is 20.2. The third-order valence-corrected chi connectivity index (χ3v) is 5.92. The molecule has 7 nitrogen and oxygen atoms in total. The van der Waals surface area contributed by atoms with Crippen LogP contribution in [0.5, 0.6) is 11.5 Å². The van der Waals surface area contributed by atoms with Crippen molar-refractivity contribution in [2.45, 2.75) is 13.0 Å². The van der Waals surface area contributed by atoms with Gasteiger partial charge in [-0.25, -0.2) is 0 Å². The van der Waals surface area contributed by atoms with Crippen molar-refractivity contribution in [3.63, 3.8) is 0 Å². The van der Waals surface area contributed by atoms with Gasteiger partial charge in [0.2, 0.25) is 0 Å². The SMILES string of the molecule is CCOc1cccc(N2C(=O)C(=O)/C(=C(/O)c3cccc(OC)c3)C2c2ccc(N(C)C)cc2)c1. The highest BCUT2D eigenvalue weighted by molar-refractivity contribution is 6.51. The van der Waals surface area contributed by atoms with Gasteiger partial charge in [0, 0.05) is 37.1 Å². The first-order valence-corrected chi connectivity index (χ1v) is 11.3. The second-order valence-electron chi connectivity index (χ2n) is 8.32. The summed E-state index contributed by atoms with van der Waals surface area (Å²) in [5, 5.41) is 11.3. The van der Waals surface area contributed by atoms with Crippen molar-refractivity contribution < 1.29 is 24.2 Å². The molecule has 3 aromatic rings. The minimum Gasteiger partial charge on any atom is -0.507 e. The summed E-state index contributed by atoms with van der Waals surface area (Å²) >= 11 is 0.